The van der Waals surface area contributed by atoms with Crippen LogP contribution < -0.4 is 5.32 Å². The van der Waals surface area contributed by atoms with E-state index in [-0.39, 0.29) is 23.6 Å². The van der Waals surface area contributed by atoms with E-state index >= 15 is 0 Å². The molecular weight excluding hydrogens is 274 g/mol. The zero-order valence-corrected chi connectivity index (χ0v) is 13.4. The minimum Gasteiger partial charge on any atom is -0.296 e. The van der Waals surface area contributed by atoms with Gasteiger partial charge in [0.05, 0.1) is 17.6 Å². The topological polar surface area (TPSA) is 73.2 Å². The maximum absolute atomic E-state index is 11.7. The van der Waals surface area contributed by atoms with Crippen LogP contribution >= 0.6 is 0 Å². The second kappa shape index (κ2) is 5.63. The zero-order chi connectivity index (χ0) is 15.0. The maximum Gasteiger partial charge on any atom is 0.153 e. The SMILES string of the molecule is CC(C)NC(C#N)(CN1CCS(=O)(=O)CC1C)C1CC1. The number of hydrogen-bond acceptors (Lipinski definition) is 5. The van der Waals surface area contributed by atoms with Crippen LogP contribution in [0.5, 0.6) is 0 Å². The standard InChI is InChI=1S/C14H25N3O2S/c1-11(2)16-14(9-15,13-4-5-13)10-17-6-7-20(18,19)8-12(17)3/h11-13,16H,4-8,10H2,1-3H3. The van der Waals surface area contributed by atoms with Gasteiger partial charge in [0.1, 0.15) is 5.54 Å². The molecule has 1 aliphatic heterocycles. The molecule has 0 radical (unpaired) electrons. The molecule has 2 atom stereocenters. The van der Waals surface area contributed by atoms with Crippen molar-refractivity contribution in [1.29, 1.82) is 5.26 Å². The number of sulfone groups is 1. The molecule has 2 aliphatic rings. The van der Waals surface area contributed by atoms with Crippen LogP contribution in [0.1, 0.15) is 33.6 Å². The molecular formula is C14H25N3O2S. The molecule has 114 valence electrons. The number of nitrogens with zero attached hydrogens (tertiary/aromatic N) is 2. The van der Waals surface area contributed by atoms with E-state index in [0.29, 0.717) is 19.0 Å². The fraction of sp³-hybridized carbons (Fsp3) is 0.929. The van der Waals surface area contributed by atoms with Crippen LogP contribution in [0.3, 0.4) is 0 Å². The Labute approximate surface area is 122 Å². The molecule has 1 saturated heterocycles. The molecule has 1 heterocycles. The van der Waals surface area contributed by atoms with E-state index in [2.05, 4.69) is 30.1 Å². The third-order valence-electron chi connectivity index (χ3n) is 4.28. The van der Waals surface area contributed by atoms with Gasteiger partial charge in [-0.05, 0) is 39.5 Å². The van der Waals surface area contributed by atoms with E-state index in [1.54, 1.807) is 0 Å². The van der Waals surface area contributed by atoms with E-state index in [1.807, 2.05) is 6.92 Å². The average molecular weight is 299 g/mol. The van der Waals surface area contributed by atoms with Crippen LogP contribution in [0.2, 0.25) is 0 Å². The van der Waals surface area contributed by atoms with Crippen LogP contribution in [-0.2, 0) is 9.84 Å². The Morgan fingerprint density at radius 1 is 1.45 bits per heavy atom. The molecule has 1 aliphatic carbocycles. The first-order valence-corrected chi connectivity index (χ1v) is 9.23. The van der Waals surface area contributed by atoms with Gasteiger partial charge in [0, 0.05) is 25.2 Å². The summed E-state index contributed by atoms with van der Waals surface area (Å²) in [5.74, 6) is 0.826. The summed E-state index contributed by atoms with van der Waals surface area (Å²) in [5.41, 5.74) is -0.524. The highest BCUT2D eigenvalue weighted by Crippen LogP contribution is 2.40. The summed E-state index contributed by atoms with van der Waals surface area (Å²) in [6.45, 7) is 7.22. The summed E-state index contributed by atoms with van der Waals surface area (Å²) in [6, 6.07) is 2.74. The average Bonchev–Trinajstić information content (AvgIpc) is 3.14. The van der Waals surface area contributed by atoms with Crippen LogP contribution in [0.25, 0.3) is 0 Å². The van der Waals surface area contributed by atoms with Crippen LogP contribution in [0.15, 0.2) is 0 Å². The van der Waals surface area contributed by atoms with Crippen molar-refractivity contribution < 1.29 is 8.42 Å². The van der Waals surface area contributed by atoms with E-state index in [1.165, 1.54) is 0 Å². The highest BCUT2D eigenvalue weighted by molar-refractivity contribution is 7.91. The van der Waals surface area contributed by atoms with Gasteiger partial charge in [-0.15, -0.1) is 0 Å². The number of hydrogen-bond donors (Lipinski definition) is 1. The Morgan fingerprint density at radius 2 is 2.10 bits per heavy atom. The molecule has 0 amide bonds. The third kappa shape index (κ3) is 3.51. The van der Waals surface area contributed by atoms with E-state index in [4.69, 9.17) is 0 Å². The number of rotatable bonds is 5. The summed E-state index contributed by atoms with van der Waals surface area (Å²) in [6.07, 6.45) is 2.18. The molecule has 0 aromatic rings. The van der Waals surface area contributed by atoms with E-state index in [9.17, 15) is 13.7 Å². The van der Waals surface area contributed by atoms with Crippen molar-refractivity contribution in [1.82, 2.24) is 10.2 Å². The van der Waals surface area contributed by atoms with Crippen LogP contribution in [0.4, 0.5) is 0 Å². The summed E-state index contributed by atoms with van der Waals surface area (Å²) >= 11 is 0. The molecule has 20 heavy (non-hydrogen) atoms. The fourth-order valence-electron chi connectivity index (χ4n) is 3.13. The van der Waals surface area contributed by atoms with Crippen molar-refractivity contribution in [3.63, 3.8) is 0 Å². The van der Waals surface area contributed by atoms with Crippen molar-refractivity contribution in [3.05, 3.63) is 0 Å². The predicted octanol–water partition coefficient (Wildman–Crippen LogP) is 0.776. The first-order valence-electron chi connectivity index (χ1n) is 7.41. The molecule has 2 fully saturated rings. The molecule has 0 aromatic carbocycles. The van der Waals surface area contributed by atoms with Crippen molar-refractivity contribution in [2.45, 2.75) is 51.2 Å². The Bertz CT molecular complexity index is 493. The van der Waals surface area contributed by atoms with E-state index < -0.39 is 15.4 Å². The summed E-state index contributed by atoms with van der Waals surface area (Å²) < 4.78 is 23.3. The highest BCUT2D eigenvalue weighted by atomic mass is 32.2. The second-order valence-electron chi connectivity index (χ2n) is 6.59. The zero-order valence-electron chi connectivity index (χ0n) is 12.6. The molecule has 6 heteroatoms. The first kappa shape index (κ1) is 15.7. The summed E-state index contributed by atoms with van der Waals surface area (Å²) in [7, 11) is -2.90. The molecule has 1 N–H and O–H groups in total. The third-order valence-corrected chi connectivity index (χ3v) is 6.08. The maximum atomic E-state index is 11.7. The number of nitriles is 1. The van der Waals surface area contributed by atoms with Gasteiger partial charge in [0.2, 0.25) is 0 Å². The fourth-order valence-corrected chi connectivity index (χ4v) is 4.76. The minimum absolute atomic E-state index is 0.00538. The van der Waals surface area contributed by atoms with Gasteiger partial charge in [-0.1, -0.05) is 0 Å². The Kier molecular flexibility index (Phi) is 4.43. The molecule has 2 unspecified atom stereocenters. The van der Waals surface area contributed by atoms with Crippen LogP contribution in [-0.4, -0.2) is 55.5 Å². The van der Waals surface area contributed by atoms with Gasteiger partial charge in [-0.3, -0.25) is 10.2 Å². The highest BCUT2D eigenvalue weighted by Gasteiger charge is 2.48. The molecule has 0 aromatic heterocycles. The smallest absolute Gasteiger partial charge is 0.153 e. The van der Waals surface area contributed by atoms with Crippen molar-refractivity contribution >= 4 is 9.84 Å². The molecule has 2 rings (SSSR count). The van der Waals surface area contributed by atoms with E-state index in [0.717, 1.165) is 12.8 Å². The van der Waals surface area contributed by atoms with Gasteiger partial charge in [0.15, 0.2) is 9.84 Å². The van der Waals surface area contributed by atoms with Crippen molar-refractivity contribution in [2.24, 2.45) is 5.92 Å². The summed E-state index contributed by atoms with van der Waals surface area (Å²) in [4.78, 5) is 2.16. The normalized spacial score (nSPS) is 29.9. The summed E-state index contributed by atoms with van der Waals surface area (Å²) in [5, 5.41) is 13.1. The van der Waals surface area contributed by atoms with Gasteiger partial charge >= 0.3 is 0 Å². The minimum atomic E-state index is -2.90. The monoisotopic (exact) mass is 299 g/mol. The quantitative estimate of drug-likeness (QED) is 0.812. The lowest BCUT2D eigenvalue weighted by atomic mass is 9.92. The second-order valence-corrected chi connectivity index (χ2v) is 8.82. The van der Waals surface area contributed by atoms with Gasteiger partial charge in [-0.2, -0.15) is 5.26 Å². The van der Waals surface area contributed by atoms with Gasteiger partial charge in [-0.25, -0.2) is 8.42 Å². The lowest BCUT2D eigenvalue weighted by molar-refractivity contribution is 0.159. The Balaban J connectivity index is 2.11. The molecule has 5 nitrogen and oxygen atoms in total. The predicted molar refractivity (Wildman–Crippen MR) is 79.0 cm³/mol. The van der Waals surface area contributed by atoms with Crippen molar-refractivity contribution in [3.8, 4) is 6.07 Å². The largest absolute Gasteiger partial charge is 0.296 e. The van der Waals surface area contributed by atoms with Gasteiger partial charge < -0.3 is 0 Å². The number of nitrogens with one attached hydrogen (secondary N) is 1. The molecule has 0 bridgehead atoms. The van der Waals surface area contributed by atoms with Crippen molar-refractivity contribution in [2.75, 3.05) is 24.6 Å². The Hall–Kier alpha value is -0.640. The molecule has 0 spiro atoms. The molecule has 1 saturated carbocycles. The lowest BCUT2D eigenvalue weighted by Crippen LogP contribution is -2.60. The first-order chi connectivity index (χ1) is 9.28. The Morgan fingerprint density at radius 3 is 2.55 bits per heavy atom. The lowest BCUT2D eigenvalue weighted by Gasteiger charge is -2.40. The van der Waals surface area contributed by atoms with Crippen LogP contribution in [0, 0.1) is 17.2 Å². The van der Waals surface area contributed by atoms with Gasteiger partial charge in [0.25, 0.3) is 0 Å².